The fourth-order valence-corrected chi connectivity index (χ4v) is 8.82. The monoisotopic (exact) mass is 410 g/mol. The molecule has 0 aliphatic heterocycles. The molecular weight excluding hydrogens is 376 g/mol. The van der Waals surface area contributed by atoms with E-state index in [1.54, 1.807) is 0 Å². The van der Waals surface area contributed by atoms with Crippen molar-refractivity contribution >= 4 is 26.8 Å². The van der Waals surface area contributed by atoms with E-state index in [1.807, 2.05) is 12.1 Å². The SMILES string of the molecule is CC(C)(C)[Si](O[C@@H](CO)CC#C[Si](C)(C)C)(c1ccccc1)c1ccccc1. The molecule has 1 atom stereocenters. The van der Waals surface area contributed by atoms with Crippen molar-refractivity contribution in [1.29, 1.82) is 0 Å². The lowest BCUT2D eigenvalue weighted by Gasteiger charge is -2.44. The molecule has 0 spiro atoms. The average molecular weight is 411 g/mol. The molecule has 2 aromatic rings. The molecule has 150 valence electrons. The molecule has 0 unspecified atom stereocenters. The predicted octanol–water partition coefficient (Wildman–Crippen LogP) is 4.19. The number of hydrogen-bond donors (Lipinski definition) is 1. The van der Waals surface area contributed by atoms with Crippen LogP contribution in [-0.2, 0) is 4.43 Å². The molecule has 0 aliphatic carbocycles. The van der Waals surface area contributed by atoms with Gasteiger partial charge in [-0.15, -0.1) is 11.5 Å². The summed E-state index contributed by atoms with van der Waals surface area (Å²) in [5.41, 5.74) is 3.40. The summed E-state index contributed by atoms with van der Waals surface area (Å²) in [6.45, 7) is 13.4. The Morgan fingerprint density at radius 2 is 1.36 bits per heavy atom. The smallest absolute Gasteiger partial charge is 0.261 e. The van der Waals surface area contributed by atoms with Crippen LogP contribution in [0.2, 0.25) is 24.7 Å². The molecule has 1 N–H and O–H groups in total. The second-order valence-electron chi connectivity index (χ2n) is 9.34. The van der Waals surface area contributed by atoms with Crippen molar-refractivity contribution in [2.75, 3.05) is 6.61 Å². The molecule has 0 radical (unpaired) electrons. The molecule has 0 fully saturated rings. The number of aliphatic hydroxyl groups is 1. The van der Waals surface area contributed by atoms with Gasteiger partial charge in [-0.1, -0.05) is 101 Å². The summed E-state index contributed by atoms with van der Waals surface area (Å²) in [6, 6.07) is 21.1. The van der Waals surface area contributed by atoms with Gasteiger partial charge in [0.2, 0.25) is 0 Å². The van der Waals surface area contributed by atoms with E-state index in [0.29, 0.717) is 6.42 Å². The average Bonchev–Trinajstić information content (AvgIpc) is 2.64. The molecule has 0 saturated carbocycles. The van der Waals surface area contributed by atoms with E-state index in [4.69, 9.17) is 4.43 Å². The second-order valence-corrected chi connectivity index (χ2v) is 18.3. The highest BCUT2D eigenvalue weighted by Crippen LogP contribution is 2.37. The Morgan fingerprint density at radius 3 is 1.71 bits per heavy atom. The molecule has 0 bridgehead atoms. The van der Waals surface area contributed by atoms with Gasteiger partial charge in [-0.05, 0) is 15.4 Å². The number of hydrogen-bond acceptors (Lipinski definition) is 2. The summed E-state index contributed by atoms with van der Waals surface area (Å²) in [5.74, 6) is 3.30. The quantitative estimate of drug-likeness (QED) is 0.571. The van der Waals surface area contributed by atoms with Crippen LogP contribution < -0.4 is 10.4 Å². The minimum atomic E-state index is -2.65. The van der Waals surface area contributed by atoms with E-state index in [0.717, 1.165) is 0 Å². The lowest BCUT2D eigenvalue weighted by molar-refractivity contribution is 0.111. The van der Waals surface area contributed by atoms with Crippen molar-refractivity contribution < 1.29 is 9.53 Å². The molecule has 2 nitrogen and oxygen atoms in total. The van der Waals surface area contributed by atoms with Crippen molar-refractivity contribution in [2.24, 2.45) is 0 Å². The zero-order chi connectivity index (χ0) is 20.8. The molecule has 4 heteroatoms. The topological polar surface area (TPSA) is 29.5 Å². The Labute approximate surface area is 173 Å². The van der Waals surface area contributed by atoms with Crippen LogP contribution in [0.4, 0.5) is 0 Å². The van der Waals surface area contributed by atoms with Crippen molar-refractivity contribution in [3.05, 3.63) is 60.7 Å². The van der Waals surface area contributed by atoms with Crippen LogP contribution in [0.1, 0.15) is 27.2 Å². The number of benzene rings is 2. The highest BCUT2D eigenvalue weighted by atomic mass is 28.4. The minimum absolute atomic E-state index is 0.0229. The summed E-state index contributed by atoms with van der Waals surface area (Å²) >= 11 is 0. The Kier molecular flexibility index (Phi) is 7.47. The molecule has 0 heterocycles. The van der Waals surface area contributed by atoms with E-state index >= 15 is 0 Å². The lowest BCUT2D eigenvalue weighted by atomic mass is 10.2. The second kappa shape index (κ2) is 9.23. The third-order valence-electron chi connectivity index (χ3n) is 4.76. The summed E-state index contributed by atoms with van der Waals surface area (Å²) in [7, 11) is -4.09. The van der Waals surface area contributed by atoms with Gasteiger partial charge in [0, 0.05) is 6.42 Å². The summed E-state index contributed by atoms with van der Waals surface area (Å²) in [6.07, 6.45) is 0.265. The van der Waals surface area contributed by atoms with Gasteiger partial charge in [0.25, 0.3) is 8.32 Å². The van der Waals surface area contributed by atoms with Crippen LogP contribution in [0.25, 0.3) is 0 Å². The molecule has 28 heavy (non-hydrogen) atoms. The molecule has 0 aliphatic rings. The molecule has 2 rings (SSSR count). The maximum atomic E-state index is 10.1. The van der Waals surface area contributed by atoms with Crippen LogP contribution in [0.3, 0.4) is 0 Å². The predicted molar refractivity (Wildman–Crippen MR) is 125 cm³/mol. The third-order valence-corrected chi connectivity index (χ3v) is 10.8. The van der Waals surface area contributed by atoms with E-state index in [9.17, 15) is 5.11 Å². The van der Waals surface area contributed by atoms with Gasteiger partial charge >= 0.3 is 0 Å². The first-order valence-electron chi connectivity index (χ1n) is 10.00. The Balaban J connectivity index is 2.55. The highest BCUT2D eigenvalue weighted by Gasteiger charge is 2.51. The third kappa shape index (κ3) is 5.45. The summed E-state index contributed by atoms with van der Waals surface area (Å²) < 4.78 is 6.94. The van der Waals surface area contributed by atoms with Crippen LogP contribution in [0, 0.1) is 11.5 Å². The zero-order valence-electron chi connectivity index (χ0n) is 18.1. The van der Waals surface area contributed by atoms with Gasteiger partial charge in [-0.2, -0.15) is 0 Å². The highest BCUT2D eigenvalue weighted by molar-refractivity contribution is 6.99. The van der Waals surface area contributed by atoms with E-state index in [1.165, 1.54) is 10.4 Å². The van der Waals surface area contributed by atoms with Gasteiger partial charge in [-0.25, -0.2) is 0 Å². The van der Waals surface area contributed by atoms with Crippen molar-refractivity contribution in [1.82, 2.24) is 0 Å². The summed E-state index contributed by atoms with van der Waals surface area (Å²) in [5, 5.41) is 12.5. The van der Waals surface area contributed by atoms with Crippen LogP contribution in [-0.4, -0.2) is 34.2 Å². The maximum absolute atomic E-state index is 10.1. The molecule has 0 aromatic heterocycles. The van der Waals surface area contributed by atoms with Gasteiger partial charge < -0.3 is 9.53 Å². The van der Waals surface area contributed by atoms with Crippen LogP contribution in [0.15, 0.2) is 60.7 Å². The Bertz CT molecular complexity index is 754. The molecular formula is C24H34O2Si2. The number of aliphatic hydroxyl groups excluding tert-OH is 1. The van der Waals surface area contributed by atoms with Crippen molar-refractivity contribution in [3.8, 4) is 11.5 Å². The van der Waals surface area contributed by atoms with Crippen LogP contribution >= 0.6 is 0 Å². The van der Waals surface area contributed by atoms with Crippen molar-refractivity contribution in [3.63, 3.8) is 0 Å². The van der Waals surface area contributed by atoms with Crippen molar-refractivity contribution in [2.45, 2.75) is 58.0 Å². The Hall–Kier alpha value is -1.65. The summed E-state index contributed by atoms with van der Waals surface area (Å²) in [4.78, 5) is 0. The first-order chi connectivity index (χ1) is 13.1. The minimum Gasteiger partial charge on any atom is -0.401 e. The fourth-order valence-electron chi connectivity index (χ4n) is 3.51. The molecule has 2 aromatic carbocycles. The first kappa shape index (κ1) is 22.6. The number of rotatable bonds is 6. The maximum Gasteiger partial charge on any atom is 0.261 e. The lowest BCUT2D eigenvalue weighted by Crippen LogP contribution is -2.68. The zero-order valence-corrected chi connectivity index (χ0v) is 20.1. The van der Waals surface area contributed by atoms with Crippen LogP contribution in [0.5, 0.6) is 0 Å². The van der Waals surface area contributed by atoms with Gasteiger partial charge in [0.15, 0.2) is 0 Å². The van der Waals surface area contributed by atoms with E-state index in [2.05, 4.69) is 100 Å². The fraction of sp³-hybridized carbons (Fsp3) is 0.417. The van der Waals surface area contributed by atoms with Gasteiger partial charge in [-0.3, -0.25) is 0 Å². The first-order valence-corrected chi connectivity index (χ1v) is 15.4. The van der Waals surface area contributed by atoms with Gasteiger partial charge in [0.1, 0.15) is 8.07 Å². The van der Waals surface area contributed by atoms with E-state index in [-0.39, 0.29) is 17.7 Å². The Morgan fingerprint density at radius 1 is 0.893 bits per heavy atom. The molecule has 0 saturated heterocycles. The normalized spacial score (nSPS) is 13.5. The molecule has 0 amide bonds. The van der Waals surface area contributed by atoms with E-state index < -0.39 is 16.4 Å². The van der Waals surface area contributed by atoms with Gasteiger partial charge in [0.05, 0.1) is 12.7 Å². The largest absolute Gasteiger partial charge is 0.401 e. The standard InChI is InChI=1S/C24H34O2Si2/c1-24(2,3)28(22-15-9-7-10-16-22,23-17-11-8-12-18-23)26-21(20-25)14-13-19-27(4,5)6/h7-12,15-18,21,25H,14,20H2,1-6H3/t21-/m1/s1.